The molecule has 0 aromatic carbocycles. The molecule has 1 aliphatic carbocycles. The molecule has 2 fully saturated rings. The first kappa shape index (κ1) is 34.3. The first-order valence-corrected chi connectivity index (χ1v) is 17.0. The highest BCUT2D eigenvalue weighted by molar-refractivity contribution is 7.17. The van der Waals surface area contributed by atoms with Crippen LogP contribution in [-0.4, -0.2) is 64.7 Å². The van der Waals surface area contributed by atoms with E-state index < -0.39 is 17.6 Å². The molecule has 2 aliphatic rings. The van der Waals surface area contributed by atoms with Crippen molar-refractivity contribution in [3.05, 3.63) is 23.0 Å². The Bertz CT molecular complexity index is 1320. The van der Waals surface area contributed by atoms with Gasteiger partial charge in [-0.15, -0.1) is 0 Å². The van der Waals surface area contributed by atoms with Gasteiger partial charge in [0.1, 0.15) is 21.3 Å². The second-order valence-corrected chi connectivity index (χ2v) is 13.9. The Kier molecular flexibility index (Phi) is 12.3. The van der Waals surface area contributed by atoms with E-state index in [4.69, 9.17) is 9.47 Å². The molecule has 3 heterocycles. The summed E-state index contributed by atoms with van der Waals surface area (Å²) < 4.78 is 12.4. The lowest BCUT2D eigenvalue weighted by atomic mass is 9.89. The Morgan fingerprint density at radius 1 is 1.07 bits per heavy atom. The van der Waals surface area contributed by atoms with Gasteiger partial charge in [0.05, 0.1) is 12.8 Å². The number of piperidine rings is 1. The summed E-state index contributed by atoms with van der Waals surface area (Å²) in [6.07, 6.45) is 14.4. The quantitative estimate of drug-likeness (QED) is 0.227. The summed E-state index contributed by atoms with van der Waals surface area (Å²) in [7, 11) is 1.84. The van der Waals surface area contributed by atoms with Crippen LogP contribution < -0.4 is 20.9 Å². The van der Waals surface area contributed by atoms with Crippen LogP contribution in [0.3, 0.4) is 0 Å². The molecule has 45 heavy (non-hydrogen) atoms. The number of rotatable bonds is 11. The van der Waals surface area contributed by atoms with Crippen molar-refractivity contribution in [1.29, 1.82) is 0 Å². The second kappa shape index (κ2) is 16.1. The number of aryl methyl sites for hydroxylation is 1. The molecule has 2 aromatic heterocycles. The van der Waals surface area contributed by atoms with E-state index >= 15 is 0 Å². The summed E-state index contributed by atoms with van der Waals surface area (Å²) in [6.45, 7) is 9.93. The zero-order chi connectivity index (χ0) is 32.4. The summed E-state index contributed by atoms with van der Waals surface area (Å²) in [4.78, 5) is 45.1. The number of hydrogen-bond acceptors (Lipinski definition) is 9. The molecule has 0 spiro atoms. The van der Waals surface area contributed by atoms with Crippen LogP contribution in [0.15, 0.2) is 12.3 Å². The number of carbonyl (C=O) groups is 3. The predicted octanol–water partition coefficient (Wildman–Crippen LogP) is 6.81. The molecule has 1 saturated heterocycles. The number of nitrogens with one attached hydrogen (secondary N) is 3. The third-order valence-electron chi connectivity index (χ3n) is 7.97. The van der Waals surface area contributed by atoms with E-state index in [0.717, 1.165) is 57.4 Å². The fraction of sp³-hybridized carbons (Fsp3) is 0.656. The molecule has 248 valence electrons. The molecule has 1 aliphatic heterocycles. The number of aromatic nitrogens is 3. The Labute approximate surface area is 270 Å². The number of carbonyl (C=O) groups excluding carboxylic acids is 3. The maximum absolute atomic E-state index is 13.7. The van der Waals surface area contributed by atoms with E-state index in [9.17, 15) is 14.4 Å². The van der Waals surface area contributed by atoms with Gasteiger partial charge in [-0.05, 0) is 70.8 Å². The Hall–Kier alpha value is -3.61. The van der Waals surface area contributed by atoms with E-state index in [0.29, 0.717) is 40.7 Å². The van der Waals surface area contributed by atoms with Crippen LogP contribution >= 0.6 is 11.3 Å². The van der Waals surface area contributed by atoms with Crippen molar-refractivity contribution in [1.82, 2.24) is 20.1 Å². The van der Waals surface area contributed by atoms with Gasteiger partial charge in [-0.25, -0.2) is 14.6 Å². The lowest BCUT2D eigenvalue weighted by Gasteiger charge is -2.33. The van der Waals surface area contributed by atoms with Crippen molar-refractivity contribution < 1.29 is 23.9 Å². The monoisotopic (exact) mass is 643 g/mol. The average molecular weight is 644 g/mol. The SMILES string of the molecule is CCCCOC(=O)NCC1CCN(c2c(NC(=O)c3nc(/C=C/C4CCCCC4)sc3NC(=O)OC(C)(C)C)cnn2C)CC1. The third kappa shape index (κ3) is 10.5. The number of amides is 3. The first-order valence-electron chi connectivity index (χ1n) is 16.2. The van der Waals surface area contributed by atoms with Crippen LogP contribution in [0.5, 0.6) is 0 Å². The minimum absolute atomic E-state index is 0.125. The largest absolute Gasteiger partial charge is 0.450 e. The molecular formula is C32H49N7O5S. The molecule has 12 nitrogen and oxygen atoms in total. The average Bonchev–Trinajstić information content (AvgIpc) is 3.57. The number of unbranched alkanes of at least 4 members (excludes halogenated alkanes) is 1. The standard InChI is InChI=1S/C32H49N7O5S/c1-6-7-19-43-30(41)33-20-23-15-17-39(18-16-23)29-24(21-34-38(29)5)35-27(40)26-28(37-31(42)44-32(2,3)4)45-25(36-26)14-13-22-11-9-8-10-12-22/h13-14,21-23H,6-12,15-20H2,1-5H3,(H,33,41)(H,35,40)(H,37,42)/b14-13+. The van der Waals surface area contributed by atoms with Crippen LogP contribution in [-0.2, 0) is 16.5 Å². The molecule has 4 rings (SSSR count). The fourth-order valence-electron chi connectivity index (χ4n) is 5.60. The predicted molar refractivity (Wildman–Crippen MR) is 178 cm³/mol. The molecule has 3 amide bonds. The van der Waals surface area contributed by atoms with E-state index in [2.05, 4.69) is 43.9 Å². The fourth-order valence-corrected chi connectivity index (χ4v) is 6.46. The van der Waals surface area contributed by atoms with Gasteiger partial charge in [-0.2, -0.15) is 5.10 Å². The third-order valence-corrected chi connectivity index (χ3v) is 8.91. The van der Waals surface area contributed by atoms with Gasteiger partial charge in [0.2, 0.25) is 0 Å². The maximum Gasteiger partial charge on any atom is 0.412 e. The van der Waals surface area contributed by atoms with Crippen LogP contribution in [0, 0.1) is 11.8 Å². The number of nitrogens with zero attached hydrogens (tertiary/aromatic N) is 4. The maximum atomic E-state index is 13.7. The zero-order valence-electron chi connectivity index (χ0n) is 27.3. The summed E-state index contributed by atoms with van der Waals surface area (Å²) >= 11 is 1.25. The van der Waals surface area contributed by atoms with Crippen molar-refractivity contribution in [2.24, 2.45) is 18.9 Å². The Morgan fingerprint density at radius 2 is 1.80 bits per heavy atom. The minimum atomic E-state index is -0.688. The summed E-state index contributed by atoms with van der Waals surface area (Å²) in [5.41, 5.74) is 0.00104. The molecule has 13 heteroatoms. The van der Waals surface area contributed by atoms with E-state index in [1.54, 1.807) is 31.6 Å². The smallest absolute Gasteiger partial charge is 0.412 e. The van der Waals surface area contributed by atoms with E-state index in [-0.39, 0.29) is 11.8 Å². The molecule has 1 saturated carbocycles. The normalized spacial score (nSPS) is 16.5. The van der Waals surface area contributed by atoms with E-state index in [1.807, 2.05) is 13.1 Å². The second-order valence-electron chi connectivity index (χ2n) is 12.9. The number of ether oxygens (including phenoxy) is 2. The number of alkyl carbamates (subject to hydrolysis) is 1. The molecule has 0 bridgehead atoms. The van der Waals surface area contributed by atoms with Crippen LogP contribution in [0.1, 0.15) is 101 Å². The van der Waals surface area contributed by atoms with Crippen molar-refractivity contribution >= 4 is 52.0 Å². The van der Waals surface area contributed by atoms with Gasteiger partial charge >= 0.3 is 12.2 Å². The van der Waals surface area contributed by atoms with Crippen LogP contribution in [0.2, 0.25) is 0 Å². The van der Waals surface area contributed by atoms with Crippen molar-refractivity contribution in [3.8, 4) is 0 Å². The van der Waals surface area contributed by atoms with Gasteiger partial charge in [0.25, 0.3) is 5.91 Å². The molecule has 0 unspecified atom stereocenters. The van der Waals surface area contributed by atoms with Gasteiger partial charge in [0.15, 0.2) is 11.5 Å². The highest BCUT2D eigenvalue weighted by atomic mass is 32.1. The van der Waals surface area contributed by atoms with Gasteiger partial charge < -0.3 is 25.0 Å². The lowest BCUT2D eigenvalue weighted by molar-refractivity contribution is 0.0636. The molecule has 0 atom stereocenters. The molecular weight excluding hydrogens is 594 g/mol. The molecule has 2 aromatic rings. The first-order chi connectivity index (χ1) is 21.5. The zero-order valence-corrected chi connectivity index (χ0v) is 28.1. The molecule has 0 radical (unpaired) electrons. The number of allylic oxidation sites excluding steroid dienone is 1. The molecule has 3 N–H and O–H groups in total. The van der Waals surface area contributed by atoms with Crippen molar-refractivity contribution in [2.75, 3.05) is 41.8 Å². The number of anilines is 3. The Balaban J connectivity index is 1.42. The van der Waals surface area contributed by atoms with Crippen LogP contribution in [0.25, 0.3) is 6.08 Å². The van der Waals surface area contributed by atoms with Crippen molar-refractivity contribution in [3.63, 3.8) is 0 Å². The topological polar surface area (TPSA) is 140 Å². The summed E-state index contributed by atoms with van der Waals surface area (Å²) in [5, 5.41) is 14.0. The highest BCUT2D eigenvalue weighted by Crippen LogP contribution is 2.33. The van der Waals surface area contributed by atoms with Gasteiger partial charge in [0, 0.05) is 26.7 Å². The van der Waals surface area contributed by atoms with Gasteiger partial charge in [-0.1, -0.05) is 50.0 Å². The lowest BCUT2D eigenvalue weighted by Crippen LogP contribution is -2.39. The van der Waals surface area contributed by atoms with Crippen LogP contribution in [0.4, 0.5) is 26.1 Å². The summed E-state index contributed by atoms with van der Waals surface area (Å²) in [6, 6.07) is 0. The van der Waals surface area contributed by atoms with Crippen molar-refractivity contribution in [2.45, 2.75) is 91.1 Å². The number of hydrogen-bond donors (Lipinski definition) is 3. The minimum Gasteiger partial charge on any atom is -0.450 e. The van der Waals surface area contributed by atoms with E-state index in [1.165, 1.54) is 30.6 Å². The number of thiazole rings is 1. The summed E-state index contributed by atoms with van der Waals surface area (Å²) in [5.74, 6) is 1.19. The highest BCUT2D eigenvalue weighted by Gasteiger charge is 2.27. The van der Waals surface area contributed by atoms with Gasteiger partial charge in [-0.3, -0.25) is 14.8 Å². The Morgan fingerprint density at radius 3 is 2.49 bits per heavy atom.